The van der Waals surface area contributed by atoms with Gasteiger partial charge in [-0.25, -0.2) is 13.1 Å². The van der Waals surface area contributed by atoms with Gasteiger partial charge in [0.15, 0.2) is 0 Å². The number of hydrogen-bond acceptors (Lipinski definition) is 5. The van der Waals surface area contributed by atoms with E-state index in [4.69, 9.17) is 5.73 Å². The van der Waals surface area contributed by atoms with Crippen molar-refractivity contribution in [3.05, 3.63) is 27.8 Å². The molecular weight excluding hydrogens is 282 g/mol. The molecule has 7 nitrogen and oxygen atoms in total. The Morgan fingerprint density at radius 1 is 1.35 bits per heavy atom. The molecule has 0 atom stereocenters. The summed E-state index contributed by atoms with van der Waals surface area (Å²) in [6.07, 6.45) is 1.29. The maximum absolute atomic E-state index is 12.3. The van der Waals surface area contributed by atoms with Crippen molar-refractivity contribution in [3.8, 4) is 0 Å². The third-order valence-electron chi connectivity index (χ3n) is 3.12. The molecule has 1 aromatic rings. The van der Waals surface area contributed by atoms with Crippen LogP contribution in [0.15, 0.2) is 17.0 Å². The van der Waals surface area contributed by atoms with E-state index in [1.54, 1.807) is 6.92 Å². The number of nitrogens with two attached hydrogens (primary N) is 1. The van der Waals surface area contributed by atoms with Gasteiger partial charge in [0.1, 0.15) is 5.69 Å². The number of anilines is 1. The lowest BCUT2D eigenvalue weighted by Gasteiger charge is -2.16. The first-order valence-electron chi connectivity index (χ1n) is 6.29. The lowest BCUT2D eigenvalue weighted by Crippen LogP contribution is -2.34. The molecule has 0 heterocycles. The normalized spacial score (nSPS) is 11.8. The Labute approximate surface area is 118 Å². The fourth-order valence-electron chi connectivity index (χ4n) is 1.89. The number of hydrogen-bond donors (Lipinski definition) is 2. The average molecular weight is 301 g/mol. The summed E-state index contributed by atoms with van der Waals surface area (Å²) in [5.74, 6) is 0. The van der Waals surface area contributed by atoms with E-state index in [2.05, 4.69) is 4.72 Å². The predicted molar refractivity (Wildman–Crippen MR) is 76.9 cm³/mol. The third kappa shape index (κ3) is 3.45. The van der Waals surface area contributed by atoms with Gasteiger partial charge in [-0.1, -0.05) is 13.8 Å². The SMILES string of the molecule is CCC(CC)NS(=O)(=O)c1cc([N+](=O)[O-])c(N)cc1C. The van der Waals surface area contributed by atoms with E-state index in [1.807, 2.05) is 13.8 Å². The zero-order valence-corrected chi connectivity index (χ0v) is 12.5. The summed E-state index contributed by atoms with van der Waals surface area (Å²) in [6.45, 7) is 5.30. The number of aryl methyl sites for hydroxylation is 1. The van der Waals surface area contributed by atoms with Crippen LogP contribution in [0.3, 0.4) is 0 Å². The molecule has 0 radical (unpaired) electrons. The summed E-state index contributed by atoms with van der Waals surface area (Å²) in [5.41, 5.74) is 5.46. The molecule has 0 aliphatic carbocycles. The molecule has 0 aliphatic rings. The highest BCUT2D eigenvalue weighted by atomic mass is 32.2. The van der Waals surface area contributed by atoms with Crippen LogP contribution in [-0.2, 0) is 10.0 Å². The fourth-order valence-corrected chi connectivity index (χ4v) is 3.53. The molecular formula is C12H19N3O4S. The Kier molecular flexibility index (Phi) is 5.07. The van der Waals surface area contributed by atoms with Crippen molar-refractivity contribution < 1.29 is 13.3 Å². The van der Waals surface area contributed by atoms with E-state index < -0.39 is 20.6 Å². The number of benzene rings is 1. The highest BCUT2D eigenvalue weighted by molar-refractivity contribution is 7.89. The van der Waals surface area contributed by atoms with Gasteiger partial charge in [-0.2, -0.15) is 0 Å². The van der Waals surface area contributed by atoms with Crippen LogP contribution < -0.4 is 10.5 Å². The summed E-state index contributed by atoms with van der Waals surface area (Å²) in [5, 5.41) is 10.9. The summed E-state index contributed by atoms with van der Waals surface area (Å²) in [7, 11) is -3.80. The van der Waals surface area contributed by atoms with E-state index in [0.29, 0.717) is 18.4 Å². The fraction of sp³-hybridized carbons (Fsp3) is 0.500. The molecule has 0 spiro atoms. The van der Waals surface area contributed by atoms with E-state index in [9.17, 15) is 18.5 Å². The van der Waals surface area contributed by atoms with Crippen LogP contribution >= 0.6 is 0 Å². The standard InChI is InChI=1S/C12H19N3O4S/c1-4-9(5-2)14-20(18,19)12-7-11(15(16)17)10(13)6-8(12)3/h6-7,9,14H,4-5,13H2,1-3H3. The largest absolute Gasteiger partial charge is 0.393 e. The monoisotopic (exact) mass is 301 g/mol. The van der Waals surface area contributed by atoms with Crippen LogP contribution in [0.2, 0.25) is 0 Å². The minimum atomic E-state index is -3.80. The molecule has 0 unspecified atom stereocenters. The first-order valence-corrected chi connectivity index (χ1v) is 7.78. The van der Waals surface area contributed by atoms with Crippen molar-refractivity contribution in [1.29, 1.82) is 0 Å². The van der Waals surface area contributed by atoms with E-state index in [1.165, 1.54) is 6.07 Å². The van der Waals surface area contributed by atoms with Gasteiger partial charge in [-0.3, -0.25) is 10.1 Å². The number of nitro benzene ring substituents is 1. The van der Waals surface area contributed by atoms with E-state index >= 15 is 0 Å². The minimum Gasteiger partial charge on any atom is -0.393 e. The van der Waals surface area contributed by atoms with Crippen molar-refractivity contribution in [2.24, 2.45) is 0 Å². The van der Waals surface area contributed by atoms with Gasteiger partial charge in [-0.05, 0) is 31.4 Å². The number of rotatable bonds is 6. The predicted octanol–water partition coefficient (Wildman–Crippen LogP) is 1.95. The van der Waals surface area contributed by atoms with E-state index in [-0.39, 0.29) is 16.6 Å². The molecule has 0 aliphatic heterocycles. The van der Waals surface area contributed by atoms with Crippen LogP contribution in [0.4, 0.5) is 11.4 Å². The van der Waals surface area contributed by atoms with Gasteiger partial charge in [0.05, 0.1) is 9.82 Å². The molecule has 0 amide bonds. The van der Waals surface area contributed by atoms with Crippen LogP contribution in [0.5, 0.6) is 0 Å². The van der Waals surface area contributed by atoms with Crippen molar-refractivity contribution in [2.45, 2.75) is 44.6 Å². The number of sulfonamides is 1. The molecule has 20 heavy (non-hydrogen) atoms. The molecule has 1 rings (SSSR count). The highest BCUT2D eigenvalue weighted by Crippen LogP contribution is 2.28. The van der Waals surface area contributed by atoms with Crippen molar-refractivity contribution in [3.63, 3.8) is 0 Å². The van der Waals surface area contributed by atoms with Crippen LogP contribution in [0, 0.1) is 17.0 Å². The molecule has 8 heteroatoms. The first-order chi connectivity index (χ1) is 9.22. The van der Waals surface area contributed by atoms with Gasteiger partial charge in [-0.15, -0.1) is 0 Å². The average Bonchev–Trinajstić information content (AvgIpc) is 2.35. The summed E-state index contributed by atoms with van der Waals surface area (Å²) >= 11 is 0. The lowest BCUT2D eigenvalue weighted by molar-refractivity contribution is -0.384. The molecule has 3 N–H and O–H groups in total. The van der Waals surface area contributed by atoms with E-state index in [0.717, 1.165) is 6.07 Å². The molecule has 0 saturated heterocycles. The number of nitrogens with one attached hydrogen (secondary N) is 1. The minimum absolute atomic E-state index is 0.0472. The molecule has 0 fully saturated rings. The Morgan fingerprint density at radius 2 is 1.90 bits per heavy atom. The van der Waals surface area contributed by atoms with Gasteiger partial charge < -0.3 is 5.73 Å². The number of nitrogens with zero attached hydrogens (tertiary/aromatic N) is 1. The summed E-state index contributed by atoms with van der Waals surface area (Å²) in [4.78, 5) is 10.1. The quantitative estimate of drug-likeness (QED) is 0.473. The summed E-state index contributed by atoms with van der Waals surface area (Å²) in [6, 6.07) is 2.12. The number of nitro groups is 1. The van der Waals surface area contributed by atoms with Gasteiger partial charge in [0.25, 0.3) is 5.69 Å². The smallest absolute Gasteiger partial charge is 0.293 e. The van der Waals surface area contributed by atoms with Crippen LogP contribution in [-0.4, -0.2) is 19.4 Å². The zero-order chi connectivity index (χ0) is 15.5. The first kappa shape index (κ1) is 16.4. The molecule has 0 bridgehead atoms. The maximum Gasteiger partial charge on any atom is 0.293 e. The highest BCUT2D eigenvalue weighted by Gasteiger charge is 2.24. The Hall–Kier alpha value is -1.67. The second-order valence-corrected chi connectivity index (χ2v) is 6.25. The summed E-state index contributed by atoms with van der Waals surface area (Å²) < 4.78 is 27.1. The van der Waals surface area contributed by atoms with Crippen LogP contribution in [0.1, 0.15) is 32.3 Å². The zero-order valence-electron chi connectivity index (χ0n) is 11.7. The molecule has 0 aromatic heterocycles. The Bertz CT molecular complexity index is 609. The maximum atomic E-state index is 12.3. The third-order valence-corrected chi connectivity index (χ3v) is 4.78. The van der Waals surface area contributed by atoms with Crippen molar-refractivity contribution in [2.75, 3.05) is 5.73 Å². The van der Waals surface area contributed by atoms with Gasteiger partial charge in [0.2, 0.25) is 10.0 Å². The topological polar surface area (TPSA) is 115 Å². The molecule has 112 valence electrons. The Balaban J connectivity index is 3.31. The second-order valence-electron chi connectivity index (χ2n) is 4.57. The van der Waals surface area contributed by atoms with Crippen molar-refractivity contribution in [1.82, 2.24) is 4.72 Å². The number of nitrogen functional groups attached to an aromatic ring is 1. The Morgan fingerprint density at radius 3 is 2.35 bits per heavy atom. The lowest BCUT2D eigenvalue weighted by atomic mass is 10.2. The van der Waals surface area contributed by atoms with Gasteiger partial charge in [0, 0.05) is 12.1 Å². The molecule has 1 aromatic carbocycles. The van der Waals surface area contributed by atoms with Gasteiger partial charge >= 0.3 is 0 Å². The van der Waals surface area contributed by atoms with Crippen LogP contribution in [0.25, 0.3) is 0 Å². The second kappa shape index (κ2) is 6.19. The molecule has 0 saturated carbocycles. The van der Waals surface area contributed by atoms with Crippen molar-refractivity contribution >= 4 is 21.4 Å².